The van der Waals surface area contributed by atoms with E-state index in [9.17, 15) is 14.4 Å². The lowest BCUT2D eigenvalue weighted by molar-refractivity contribution is -0.142. The number of nitrogens with one attached hydrogen (secondary N) is 1. The van der Waals surface area contributed by atoms with E-state index < -0.39 is 11.9 Å². The van der Waals surface area contributed by atoms with Gasteiger partial charge in [-0.1, -0.05) is 18.2 Å². The third-order valence-electron chi connectivity index (χ3n) is 4.17. The number of ether oxygens (including phenoxy) is 3. The Morgan fingerprint density at radius 1 is 1.07 bits per heavy atom. The summed E-state index contributed by atoms with van der Waals surface area (Å²) < 4.78 is 16.3. The highest BCUT2D eigenvalue weighted by molar-refractivity contribution is 6.11. The molecule has 29 heavy (non-hydrogen) atoms. The molecule has 0 radical (unpaired) electrons. The van der Waals surface area contributed by atoms with Crippen LogP contribution >= 0.6 is 0 Å². The highest BCUT2D eigenvalue weighted by atomic mass is 16.6. The van der Waals surface area contributed by atoms with Crippen LogP contribution in [0.2, 0.25) is 0 Å². The van der Waals surface area contributed by atoms with Crippen LogP contribution in [0.4, 0.5) is 5.69 Å². The zero-order valence-electron chi connectivity index (χ0n) is 16.1. The third-order valence-corrected chi connectivity index (χ3v) is 4.17. The van der Waals surface area contributed by atoms with Crippen molar-refractivity contribution in [2.24, 2.45) is 7.05 Å². The first-order chi connectivity index (χ1) is 13.9. The van der Waals surface area contributed by atoms with E-state index in [2.05, 4.69) is 15.2 Å². The number of carbonyl (C=O) groups is 2. The van der Waals surface area contributed by atoms with Crippen molar-refractivity contribution in [3.8, 4) is 11.5 Å². The van der Waals surface area contributed by atoms with Crippen molar-refractivity contribution in [1.82, 2.24) is 9.78 Å². The van der Waals surface area contributed by atoms with Gasteiger partial charge in [0.1, 0.15) is 0 Å². The number of benzene rings is 2. The first kappa shape index (κ1) is 19.9. The van der Waals surface area contributed by atoms with E-state index in [1.54, 1.807) is 42.5 Å². The fraction of sp³-hybridized carbons (Fsp3) is 0.200. The van der Waals surface area contributed by atoms with Crippen LogP contribution in [0.25, 0.3) is 10.8 Å². The number of esters is 1. The van der Waals surface area contributed by atoms with E-state index in [4.69, 9.17) is 9.47 Å². The van der Waals surface area contributed by atoms with Crippen molar-refractivity contribution >= 4 is 28.3 Å². The summed E-state index contributed by atoms with van der Waals surface area (Å²) >= 11 is 0. The molecule has 1 heterocycles. The summed E-state index contributed by atoms with van der Waals surface area (Å²) in [6.07, 6.45) is 0. The van der Waals surface area contributed by atoms with Gasteiger partial charge in [0.25, 0.3) is 11.5 Å². The Balaban J connectivity index is 1.88. The van der Waals surface area contributed by atoms with Crippen LogP contribution in [0.3, 0.4) is 0 Å². The van der Waals surface area contributed by atoms with Crippen molar-refractivity contribution in [1.29, 1.82) is 0 Å². The number of aryl methyl sites for hydroxylation is 1. The summed E-state index contributed by atoms with van der Waals surface area (Å²) in [5.41, 5.74) is 0.260. The molecule has 0 fully saturated rings. The molecule has 1 N–H and O–H groups in total. The zero-order chi connectivity index (χ0) is 21.0. The second-order valence-electron chi connectivity index (χ2n) is 6.01. The molecule has 0 bridgehead atoms. The van der Waals surface area contributed by atoms with Gasteiger partial charge in [0, 0.05) is 24.2 Å². The van der Waals surface area contributed by atoms with Gasteiger partial charge in [-0.05, 0) is 18.2 Å². The van der Waals surface area contributed by atoms with Crippen molar-refractivity contribution in [2.45, 2.75) is 0 Å². The van der Waals surface area contributed by atoms with Gasteiger partial charge in [-0.25, -0.2) is 9.48 Å². The number of fused-ring (bicyclic) bond motifs is 1. The minimum Gasteiger partial charge on any atom is -0.493 e. The normalized spacial score (nSPS) is 10.4. The number of anilines is 1. The summed E-state index contributed by atoms with van der Waals surface area (Å²) in [5, 5.41) is 7.69. The van der Waals surface area contributed by atoms with Gasteiger partial charge in [0.05, 0.1) is 19.6 Å². The second kappa shape index (κ2) is 8.42. The zero-order valence-corrected chi connectivity index (χ0v) is 16.1. The van der Waals surface area contributed by atoms with E-state index in [1.165, 1.54) is 21.3 Å². The summed E-state index contributed by atoms with van der Waals surface area (Å²) in [5.74, 6) is -0.370. The maximum atomic E-state index is 12.8. The smallest absolute Gasteiger partial charge is 0.343 e. The average molecular weight is 397 g/mol. The Morgan fingerprint density at radius 3 is 2.48 bits per heavy atom. The molecule has 0 saturated carbocycles. The van der Waals surface area contributed by atoms with Crippen LogP contribution in [0.1, 0.15) is 10.5 Å². The number of rotatable bonds is 6. The van der Waals surface area contributed by atoms with Crippen molar-refractivity contribution in [2.75, 3.05) is 26.1 Å². The molecule has 0 aliphatic heterocycles. The second-order valence-corrected chi connectivity index (χ2v) is 6.01. The van der Waals surface area contributed by atoms with Gasteiger partial charge in [-0.15, -0.1) is 0 Å². The highest BCUT2D eigenvalue weighted by Gasteiger charge is 2.17. The number of amides is 1. The predicted molar refractivity (Wildman–Crippen MR) is 105 cm³/mol. The number of methoxy groups -OCH3 is 2. The molecule has 0 saturated heterocycles. The van der Waals surface area contributed by atoms with Crippen LogP contribution in [0.15, 0.2) is 47.3 Å². The van der Waals surface area contributed by atoms with Crippen LogP contribution in [0, 0.1) is 0 Å². The first-order valence-corrected chi connectivity index (χ1v) is 8.59. The molecule has 0 spiro atoms. The predicted octanol–water partition coefficient (Wildman–Crippen LogP) is 1.75. The number of hydrogen-bond acceptors (Lipinski definition) is 7. The Hall–Kier alpha value is -3.88. The summed E-state index contributed by atoms with van der Waals surface area (Å²) in [7, 11) is 4.19. The van der Waals surface area contributed by atoms with Crippen LogP contribution < -0.4 is 20.3 Å². The molecule has 3 rings (SSSR count). The molecule has 150 valence electrons. The standard InChI is InChI=1S/C20H19N3O6/c1-23-20(26)14-7-5-4-6-13(14)18(22-23)19(25)21-12-8-9-15(16(10-12)27-2)29-11-17(24)28-3/h4-10H,11H2,1-3H3,(H,21,25). The molecule has 9 nitrogen and oxygen atoms in total. The van der Waals surface area contributed by atoms with Crippen molar-refractivity contribution in [3.63, 3.8) is 0 Å². The minimum atomic E-state index is -0.530. The lowest BCUT2D eigenvalue weighted by Crippen LogP contribution is -2.25. The van der Waals surface area contributed by atoms with Gasteiger partial charge in [-0.3, -0.25) is 9.59 Å². The summed E-state index contributed by atoms with van der Waals surface area (Å²) in [4.78, 5) is 36.3. The number of nitrogens with zero attached hydrogens (tertiary/aromatic N) is 2. The molecule has 9 heteroatoms. The maximum Gasteiger partial charge on any atom is 0.343 e. The Kier molecular flexibility index (Phi) is 5.77. The van der Waals surface area contributed by atoms with Gasteiger partial charge in [0.2, 0.25) is 0 Å². The Bertz CT molecular complexity index is 1140. The van der Waals surface area contributed by atoms with Crippen LogP contribution in [-0.2, 0) is 16.6 Å². The highest BCUT2D eigenvalue weighted by Crippen LogP contribution is 2.30. The molecular weight excluding hydrogens is 378 g/mol. The number of aromatic nitrogens is 2. The van der Waals surface area contributed by atoms with E-state index >= 15 is 0 Å². The molecule has 1 aromatic heterocycles. The van der Waals surface area contributed by atoms with Crippen molar-refractivity contribution in [3.05, 3.63) is 58.5 Å². The minimum absolute atomic E-state index is 0.118. The molecule has 0 unspecified atom stereocenters. The topological polar surface area (TPSA) is 109 Å². The first-order valence-electron chi connectivity index (χ1n) is 8.59. The summed E-state index contributed by atoms with van der Waals surface area (Å²) in [6.45, 7) is -0.271. The molecule has 0 aliphatic carbocycles. The quantitative estimate of drug-likeness (QED) is 0.631. The van der Waals surface area contributed by atoms with Gasteiger partial charge >= 0.3 is 5.97 Å². The van der Waals surface area contributed by atoms with Crippen molar-refractivity contribution < 1.29 is 23.8 Å². The van der Waals surface area contributed by atoms with E-state index in [0.717, 1.165) is 4.68 Å². The molecular formula is C20H19N3O6. The molecule has 0 aliphatic rings. The monoisotopic (exact) mass is 397 g/mol. The average Bonchev–Trinajstić information content (AvgIpc) is 2.74. The van der Waals surface area contributed by atoms with Gasteiger partial charge < -0.3 is 19.5 Å². The largest absolute Gasteiger partial charge is 0.493 e. The molecule has 3 aromatic rings. The van der Waals surface area contributed by atoms with Crippen LogP contribution in [0.5, 0.6) is 11.5 Å². The van der Waals surface area contributed by atoms with Gasteiger partial charge in [0.15, 0.2) is 23.8 Å². The Labute approximate surface area is 165 Å². The SMILES string of the molecule is COC(=O)COc1ccc(NC(=O)c2nn(C)c(=O)c3ccccc23)cc1OC. The van der Waals surface area contributed by atoms with E-state index in [-0.39, 0.29) is 17.9 Å². The fourth-order valence-electron chi connectivity index (χ4n) is 2.72. The lowest BCUT2D eigenvalue weighted by atomic mass is 10.1. The number of carbonyl (C=O) groups excluding carboxylic acids is 2. The van der Waals surface area contributed by atoms with Gasteiger partial charge in [-0.2, -0.15) is 5.10 Å². The van der Waals surface area contributed by atoms with Crippen LogP contribution in [-0.4, -0.2) is 42.5 Å². The lowest BCUT2D eigenvalue weighted by Gasteiger charge is -2.13. The molecule has 0 atom stereocenters. The molecule has 2 aromatic carbocycles. The maximum absolute atomic E-state index is 12.8. The van der Waals surface area contributed by atoms with E-state index in [1.807, 2.05) is 0 Å². The third kappa shape index (κ3) is 4.18. The number of hydrogen-bond donors (Lipinski definition) is 1. The Morgan fingerprint density at radius 2 is 1.79 bits per heavy atom. The molecule has 1 amide bonds. The summed E-state index contributed by atoms with van der Waals surface area (Å²) in [6, 6.07) is 11.5. The fourth-order valence-corrected chi connectivity index (χ4v) is 2.72. The van der Waals surface area contributed by atoms with E-state index in [0.29, 0.717) is 28.0 Å².